The first-order valence-electron chi connectivity index (χ1n) is 6.84. The van der Waals surface area contributed by atoms with Gasteiger partial charge in [0.15, 0.2) is 28.7 Å². The molecule has 0 fully saturated rings. The first-order valence-corrected chi connectivity index (χ1v) is 7.63. The van der Waals surface area contributed by atoms with Gasteiger partial charge in [-0.1, -0.05) is 28.6 Å². The molecule has 0 radical (unpaired) electrons. The van der Waals surface area contributed by atoms with E-state index in [0.717, 1.165) is 0 Å². The molecule has 0 aromatic heterocycles. The average Bonchev–Trinajstić information content (AvgIpc) is 2.52. The van der Waals surface area contributed by atoms with Crippen molar-refractivity contribution in [2.75, 3.05) is 0 Å². The Balaban J connectivity index is 2.02. The molecule has 0 saturated heterocycles. The molecule has 0 heterocycles. The molecule has 0 amide bonds. The van der Waals surface area contributed by atoms with E-state index >= 15 is 0 Å². The minimum Gasteiger partial charge on any atom is -0.504 e. The zero-order valence-corrected chi connectivity index (χ0v) is 14.1. The lowest BCUT2D eigenvalue weighted by Gasteiger charge is -2.09. The van der Waals surface area contributed by atoms with Crippen LogP contribution in [0.4, 0.5) is 0 Å². The van der Waals surface area contributed by atoms with E-state index in [1.165, 1.54) is 24.3 Å². The lowest BCUT2D eigenvalue weighted by atomic mass is 10.1. The van der Waals surface area contributed by atoms with Gasteiger partial charge in [0.05, 0.1) is 0 Å². The van der Waals surface area contributed by atoms with E-state index < -0.39 is 17.2 Å². The Morgan fingerprint density at radius 2 is 1.54 bits per heavy atom. The van der Waals surface area contributed by atoms with Crippen molar-refractivity contribution in [1.82, 2.24) is 5.32 Å². The number of allylic oxidation sites excluding steroid dienone is 1. The first kappa shape index (κ1) is 17.6. The molecule has 0 aliphatic rings. The predicted octanol–water partition coefficient (Wildman–Crippen LogP) is 3.29. The third kappa shape index (κ3) is 4.14. The molecule has 0 atom stereocenters. The Morgan fingerprint density at radius 3 is 2.17 bits per heavy atom. The second-order valence-electron chi connectivity index (χ2n) is 5.06. The van der Waals surface area contributed by atoms with Crippen molar-refractivity contribution < 1.29 is 25.5 Å². The zero-order chi connectivity index (χ0) is 17.9. The van der Waals surface area contributed by atoms with Gasteiger partial charge in [-0.2, -0.15) is 0 Å². The topological polar surface area (TPSA) is 113 Å². The van der Waals surface area contributed by atoms with Crippen LogP contribution in [0.15, 0.2) is 47.1 Å². The molecular weight excluding hydrogens is 378 g/mol. The van der Waals surface area contributed by atoms with Gasteiger partial charge in [0.1, 0.15) is 0 Å². The second kappa shape index (κ2) is 7.18. The molecule has 6 nitrogen and oxygen atoms in total. The Morgan fingerprint density at radius 1 is 0.958 bits per heavy atom. The second-order valence-corrected chi connectivity index (χ2v) is 5.91. The SMILES string of the molecule is C=C(/C=C/c1cc(O)c(O)cc1Br)NCc1cc(O)c(O)c(O)c1. The van der Waals surface area contributed by atoms with Gasteiger partial charge in [0, 0.05) is 16.7 Å². The fraction of sp³-hybridized carbons (Fsp3) is 0.0588. The third-order valence-corrected chi connectivity index (χ3v) is 3.89. The maximum atomic E-state index is 9.51. The number of hydrogen-bond donors (Lipinski definition) is 6. The first-order chi connectivity index (χ1) is 11.3. The molecule has 6 N–H and O–H groups in total. The number of phenolic OH excluding ortho intramolecular Hbond substituents is 5. The van der Waals surface area contributed by atoms with E-state index in [0.29, 0.717) is 21.3 Å². The minimum atomic E-state index is -0.561. The van der Waals surface area contributed by atoms with Gasteiger partial charge in [-0.05, 0) is 41.5 Å². The van der Waals surface area contributed by atoms with Crippen LogP contribution in [-0.4, -0.2) is 25.5 Å². The summed E-state index contributed by atoms with van der Waals surface area (Å²) in [6, 6.07) is 5.44. The monoisotopic (exact) mass is 393 g/mol. The summed E-state index contributed by atoms with van der Waals surface area (Å²) in [6.45, 7) is 4.09. The average molecular weight is 394 g/mol. The van der Waals surface area contributed by atoms with Crippen molar-refractivity contribution in [3.8, 4) is 28.7 Å². The van der Waals surface area contributed by atoms with Crippen LogP contribution in [0, 0.1) is 0 Å². The van der Waals surface area contributed by atoms with Crippen molar-refractivity contribution in [2.24, 2.45) is 0 Å². The molecule has 0 unspecified atom stereocenters. The minimum absolute atomic E-state index is 0.220. The maximum Gasteiger partial charge on any atom is 0.200 e. The Bertz CT molecular complexity index is 794. The quantitative estimate of drug-likeness (QED) is 0.343. The zero-order valence-electron chi connectivity index (χ0n) is 12.5. The predicted molar refractivity (Wildman–Crippen MR) is 93.9 cm³/mol. The number of hydrogen-bond acceptors (Lipinski definition) is 6. The Kier molecular flexibility index (Phi) is 5.25. The molecule has 2 aromatic carbocycles. The normalized spacial score (nSPS) is 10.9. The fourth-order valence-corrected chi connectivity index (χ4v) is 2.39. The number of aromatic hydroxyl groups is 5. The molecule has 0 bridgehead atoms. The standard InChI is InChI=1S/C17H16BrNO5/c1-9(2-3-11-6-13(20)14(21)7-12(11)18)19-8-10-4-15(22)17(24)16(23)5-10/h2-7,19-24H,1,8H2/b3-2+. The van der Waals surface area contributed by atoms with Gasteiger partial charge in [-0.25, -0.2) is 0 Å². The van der Waals surface area contributed by atoms with Crippen LogP contribution in [0.5, 0.6) is 28.7 Å². The van der Waals surface area contributed by atoms with Crippen LogP contribution >= 0.6 is 15.9 Å². The van der Waals surface area contributed by atoms with Crippen LogP contribution in [0.3, 0.4) is 0 Å². The van der Waals surface area contributed by atoms with E-state index in [1.807, 2.05) is 0 Å². The lowest BCUT2D eigenvalue weighted by molar-refractivity contribution is 0.367. The smallest absolute Gasteiger partial charge is 0.200 e. The molecule has 7 heteroatoms. The number of rotatable bonds is 5. The van der Waals surface area contributed by atoms with Crippen molar-refractivity contribution >= 4 is 22.0 Å². The van der Waals surface area contributed by atoms with Gasteiger partial charge in [0.2, 0.25) is 0 Å². The molecule has 24 heavy (non-hydrogen) atoms. The highest BCUT2D eigenvalue weighted by Gasteiger charge is 2.08. The molecule has 0 aliphatic heterocycles. The third-order valence-electron chi connectivity index (χ3n) is 3.21. The highest BCUT2D eigenvalue weighted by Crippen LogP contribution is 2.35. The van der Waals surface area contributed by atoms with E-state index in [1.54, 1.807) is 12.2 Å². The number of benzene rings is 2. The largest absolute Gasteiger partial charge is 0.504 e. The molecule has 0 aliphatic carbocycles. The molecule has 0 saturated carbocycles. The van der Waals surface area contributed by atoms with E-state index in [4.69, 9.17) is 0 Å². The molecular formula is C17H16BrNO5. The molecule has 126 valence electrons. The summed E-state index contributed by atoms with van der Waals surface area (Å²) in [5, 5.41) is 50.1. The summed E-state index contributed by atoms with van der Waals surface area (Å²) in [7, 11) is 0. The van der Waals surface area contributed by atoms with Crippen LogP contribution < -0.4 is 5.32 Å². The fourth-order valence-electron chi connectivity index (χ4n) is 1.92. The van der Waals surface area contributed by atoms with Crippen LogP contribution in [-0.2, 0) is 6.54 Å². The molecule has 0 spiro atoms. The van der Waals surface area contributed by atoms with E-state index in [9.17, 15) is 25.5 Å². The number of phenols is 5. The highest BCUT2D eigenvalue weighted by molar-refractivity contribution is 9.10. The van der Waals surface area contributed by atoms with Gasteiger partial charge in [-0.3, -0.25) is 0 Å². The lowest BCUT2D eigenvalue weighted by Crippen LogP contribution is -2.10. The van der Waals surface area contributed by atoms with Gasteiger partial charge >= 0.3 is 0 Å². The molecule has 2 rings (SSSR count). The van der Waals surface area contributed by atoms with Crippen LogP contribution in [0.1, 0.15) is 11.1 Å². The number of nitrogens with one attached hydrogen (secondary N) is 1. The van der Waals surface area contributed by atoms with Gasteiger partial charge in [0.25, 0.3) is 0 Å². The maximum absolute atomic E-state index is 9.51. The van der Waals surface area contributed by atoms with Crippen molar-refractivity contribution in [2.45, 2.75) is 6.54 Å². The van der Waals surface area contributed by atoms with E-state index in [2.05, 4.69) is 27.8 Å². The van der Waals surface area contributed by atoms with Crippen LogP contribution in [0.2, 0.25) is 0 Å². The summed E-state index contributed by atoms with van der Waals surface area (Å²) in [4.78, 5) is 0. The van der Waals surface area contributed by atoms with Gasteiger partial charge < -0.3 is 30.8 Å². The van der Waals surface area contributed by atoms with Crippen molar-refractivity contribution in [3.63, 3.8) is 0 Å². The Hall–Kier alpha value is -2.80. The van der Waals surface area contributed by atoms with E-state index in [-0.39, 0.29) is 18.0 Å². The summed E-state index contributed by atoms with van der Waals surface area (Å²) < 4.78 is 0.607. The van der Waals surface area contributed by atoms with Gasteiger partial charge in [-0.15, -0.1) is 0 Å². The molecule has 2 aromatic rings. The van der Waals surface area contributed by atoms with Crippen molar-refractivity contribution in [1.29, 1.82) is 0 Å². The number of halogens is 1. The Labute approximate surface area is 146 Å². The van der Waals surface area contributed by atoms with Crippen LogP contribution in [0.25, 0.3) is 6.08 Å². The summed E-state index contributed by atoms with van der Waals surface area (Å²) in [5.41, 5.74) is 1.75. The summed E-state index contributed by atoms with van der Waals surface area (Å²) >= 11 is 3.28. The highest BCUT2D eigenvalue weighted by atomic mass is 79.9. The summed E-state index contributed by atoms with van der Waals surface area (Å²) in [5.74, 6) is -1.82. The van der Waals surface area contributed by atoms with Crippen molar-refractivity contribution in [3.05, 3.63) is 58.2 Å². The summed E-state index contributed by atoms with van der Waals surface area (Å²) in [6.07, 6.45) is 3.35.